The summed E-state index contributed by atoms with van der Waals surface area (Å²) in [6.07, 6.45) is 1.11. The molecule has 0 saturated heterocycles. The zero-order valence-corrected chi connectivity index (χ0v) is 18.2. The van der Waals surface area contributed by atoms with Crippen LogP contribution in [0.3, 0.4) is 0 Å². The van der Waals surface area contributed by atoms with Crippen LogP contribution in [0.2, 0.25) is 0 Å². The fraction of sp³-hybridized carbons (Fsp3) is 0.360. The first-order valence-electron chi connectivity index (χ1n) is 10.3. The first-order chi connectivity index (χ1) is 14.7. The number of rotatable bonds is 4. The van der Waals surface area contributed by atoms with Crippen LogP contribution in [0.1, 0.15) is 44.6 Å². The maximum absolute atomic E-state index is 13.5. The van der Waals surface area contributed by atoms with Crippen LogP contribution in [0, 0.1) is 11.2 Å². The van der Waals surface area contributed by atoms with Crippen molar-refractivity contribution in [2.24, 2.45) is 5.41 Å². The molecule has 31 heavy (non-hydrogen) atoms. The molecule has 0 aromatic heterocycles. The third kappa shape index (κ3) is 3.82. The number of hydrogen-bond acceptors (Lipinski definition) is 4. The molecule has 0 fully saturated rings. The summed E-state index contributed by atoms with van der Waals surface area (Å²) >= 11 is 0. The van der Waals surface area contributed by atoms with Crippen LogP contribution in [0.15, 0.2) is 53.7 Å². The van der Waals surface area contributed by atoms with Crippen LogP contribution < -0.4 is 14.4 Å². The number of benzene rings is 2. The first-order valence-corrected chi connectivity index (χ1v) is 10.3. The Labute approximate surface area is 181 Å². The highest BCUT2D eigenvalue weighted by Crippen LogP contribution is 2.49. The fourth-order valence-corrected chi connectivity index (χ4v) is 4.68. The smallest absolute Gasteiger partial charge is 0.232 e. The Morgan fingerprint density at radius 2 is 1.71 bits per heavy atom. The molecule has 0 spiro atoms. The topological polar surface area (TPSA) is 55.8 Å². The molecular formula is C25H26FNO4. The number of carbonyl (C=O) groups excluding carboxylic acids is 2. The van der Waals surface area contributed by atoms with E-state index in [1.165, 1.54) is 12.1 Å². The Bertz CT molecular complexity index is 1070. The SMILES string of the molecule is COc1ccc([C@H]2CC(=O)N(c3ccc(F)cc3)C3=C2C(=O)CC(C)(C)C3)c(OC)c1. The average molecular weight is 423 g/mol. The second-order valence-corrected chi connectivity index (χ2v) is 8.87. The molecule has 0 unspecified atom stereocenters. The highest BCUT2D eigenvalue weighted by molar-refractivity contribution is 6.08. The average Bonchev–Trinajstić information content (AvgIpc) is 2.72. The Hall–Kier alpha value is -3.15. The lowest BCUT2D eigenvalue weighted by Crippen LogP contribution is -2.43. The molecule has 6 heteroatoms. The van der Waals surface area contributed by atoms with Crippen LogP contribution in [-0.4, -0.2) is 25.9 Å². The van der Waals surface area contributed by atoms with Gasteiger partial charge < -0.3 is 9.47 Å². The summed E-state index contributed by atoms with van der Waals surface area (Å²) in [5, 5.41) is 0. The van der Waals surface area contributed by atoms with E-state index >= 15 is 0 Å². The minimum atomic E-state index is -0.399. The molecule has 162 valence electrons. The van der Waals surface area contributed by atoms with Gasteiger partial charge in [0.15, 0.2) is 5.78 Å². The van der Waals surface area contributed by atoms with Gasteiger partial charge in [-0.05, 0) is 42.2 Å². The summed E-state index contributed by atoms with van der Waals surface area (Å²) in [7, 11) is 3.14. The minimum absolute atomic E-state index is 0.0359. The number of allylic oxidation sites excluding steroid dienone is 2. The van der Waals surface area contributed by atoms with Crippen molar-refractivity contribution in [2.75, 3.05) is 19.1 Å². The first kappa shape index (κ1) is 21.1. The maximum Gasteiger partial charge on any atom is 0.232 e. The Kier molecular flexibility index (Phi) is 5.33. The van der Waals surface area contributed by atoms with Crippen molar-refractivity contribution in [3.05, 3.63) is 65.1 Å². The lowest BCUT2D eigenvalue weighted by atomic mass is 9.69. The van der Waals surface area contributed by atoms with E-state index < -0.39 is 5.92 Å². The van der Waals surface area contributed by atoms with E-state index in [9.17, 15) is 14.0 Å². The molecule has 1 atom stereocenters. The lowest BCUT2D eigenvalue weighted by molar-refractivity contribution is -0.121. The number of amides is 1. The second kappa shape index (κ2) is 7.84. The second-order valence-electron chi connectivity index (χ2n) is 8.87. The molecule has 5 nitrogen and oxygen atoms in total. The molecule has 2 aromatic rings. The summed E-state index contributed by atoms with van der Waals surface area (Å²) in [4.78, 5) is 28.3. The van der Waals surface area contributed by atoms with Gasteiger partial charge in [0.2, 0.25) is 5.91 Å². The molecular weight excluding hydrogens is 397 g/mol. The number of hydrogen-bond donors (Lipinski definition) is 0. The quantitative estimate of drug-likeness (QED) is 0.694. The normalized spacial score (nSPS) is 20.5. The monoisotopic (exact) mass is 423 g/mol. The predicted molar refractivity (Wildman–Crippen MR) is 116 cm³/mol. The molecule has 1 aliphatic heterocycles. The molecule has 2 aromatic carbocycles. The van der Waals surface area contributed by atoms with Crippen LogP contribution in [0.25, 0.3) is 0 Å². The summed E-state index contributed by atoms with van der Waals surface area (Å²) in [5.41, 5.74) is 2.43. The van der Waals surface area contributed by atoms with E-state index in [-0.39, 0.29) is 29.3 Å². The van der Waals surface area contributed by atoms with Crippen molar-refractivity contribution in [2.45, 2.75) is 39.0 Å². The largest absolute Gasteiger partial charge is 0.497 e. The highest BCUT2D eigenvalue weighted by atomic mass is 19.1. The van der Waals surface area contributed by atoms with Crippen LogP contribution in [-0.2, 0) is 9.59 Å². The maximum atomic E-state index is 13.5. The minimum Gasteiger partial charge on any atom is -0.497 e. The van der Waals surface area contributed by atoms with Crippen LogP contribution >= 0.6 is 0 Å². The van der Waals surface area contributed by atoms with Gasteiger partial charge in [0, 0.05) is 47.3 Å². The van der Waals surface area contributed by atoms with E-state index in [0.717, 1.165) is 5.56 Å². The van der Waals surface area contributed by atoms with E-state index in [0.29, 0.717) is 41.3 Å². The summed E-state index contributed by atoms with van der Waals surface area (Å²) in [6.45, 7) is 4.05. The summed E-state index contributed by atoms with van der Waals surface area (Å²) in [6, 6.07) is 11.3. The Balaban J connectivity index is 1.90. The lowest BCUT2D eigenvalue weighted by Gasteiger charge is -2.43. The van der Waals surface area contributed by atoms with Gasteiger partial charge in [-0.2, -0.15) is 0 Å². The number of halogens is 1. The zero-order chi connectivity index (χ0) is 22.3. The number of anilines is 1. The number of methoxy groups -OCH3 is 2. The van der Waals surface area contributed by atoms with Gasteiger partial charge in [0.05, 0.1) is 14.2 Å². The number of ketones is 1. The van der Waals surface area contributed by atoms with Crippen molar-refractivity contribution < 1.29 is 23.5 Å². The highest BCUT2D eigenvalue weighted by Gasteiger charge is 2.45. The molecule has 2 aliphatic rings. The molecule has 0 saturated carbocycles. The van der Waals surface area contributed by atoms with Gasteiger partial charge in [-0.15, -0.1) is 0 Å². The van der Waals surface area contributed by atoms with E-state index in [1.54, 1.807) is 37.3 Å². The van der Waals surface area contributed by atoms with Crippen molar-refractivity contribution in [3.8, 4) is 11.5 Å². The fourth-order valence-electron chi connectivity index (χ4n) is 4.68. The van der Waals surface area contributed by atoms with Gasteiger partial charge in [-0.25, -0.2) is 4.39 Å². The number of Topliss-reactive ketones (excluding diaryl/α,β-unsaturated/α-hetero) is 1. The molecule has 0 bridgehead atoms. The van der Waals surface area contributed by atoms with E-state index in [1.807, 2.05) is 26.0 Å². The number of nitrogens with zero attached hydrogens (tertiary/aromatic N) is 1. The predicted octanol–water partition coefficient (Wildman–Crippen LogP) is 5.01. The van der Waals surface area contributed by atoms with Gasteiger partial charge in [0.25, 0.3) is 0 Å². The molecule has 1 aliphatic carbocycles. The molecule has 4 rings (SSSR count). The van der Waals surface area contributed by atoms with Gasteiger partial charge in [-0.3, -0.25) is 14.5 Å². The molecule has 0 radical (unpaired) electrons. The standard InChI is InChI=1S/C25H26FNO4/c1-25(2)13-20-24(21(28)14-25)19(18-10-9-17(30-3)11-22(18)31-4)12-23(29)27(20)16-7-5-15(26)6-8-16/h5-11,19H,12-14H2,1-4H3/t19-/m1/s1. The van der Waals surface area contributed by atoms with Gasteiger partial charge >= 0.3 is 0 Å². The Morgan fingerprint density at radius 1 is 1.00 bits per heavy atom. The Morgan fingerprint density at radius 3 is 2.35 bits per heavy atom. The van der Waals surface area contributed by atoms with Crippen molar-refractivity contribution in [1.82, 2.24) is 0 Å². The molecule has 1 amide bonds. The summed E-state index contributed by atoms with van der Waals surface area (Å²) < 4.78 is 24.4. The van der Waals surface area contributed by atoms with Crippen LogP contribution in [0.4, 0.5) is 10.1 Å². The van der Waals surface area contributed by atoms with Gasteiger partial charge in [-0.1, -0.05) is 19.9 Å². The zero-order valence-electron chi connectivity index (χ0n) is 18.2. The van der Waals surface area contributed by atoms with Crippen LogP contribution in [0.5, 0.6) is 11.5 Å². The molecule has 0 N–H and O–H groups in total. The third-order valence-corrected chi connectivity index (χ3v) is 6.04. The van der Waals surface area contributed by atoms with Crippen molar-refractivity contribution >= 4 is 17.4 Å². The number of ether oxygens (including phenoxy) is 2. The molecule has 1 heterocycles. The van der Waals surface area contributed by atoms with E-state index in [4.69, 9.17) is 9.47 Å². The van der Waals surface area contributed by atoms with Crippen molar-refractivity contribution in [1.29, 1.82) is 0 Å². The van der Waals surface area contributed by atoms with Crippen molar-refractivity contribution in [3.63, 3.8) is 0 Å². The third-order valence-electron chi connectivity index (χ3n) is 6.04. The van der Waals surface area contributed by atoms with Gasteiger partial charge in [0.1, 0.15) is 17.3 Å². The summed E-state index contributed by atoms with van der Waals surface area (Å²) in [5.74, 6) is 0.359. The number of carbonyl (C=O) groups is 2. The van der Waals surface area contributed by atoms with E-state index in [2.05, 4.69) is 0 Å².